The minimum atomic E-state index is -1.11. The number of para-hydroxylation sites is 2. The lowest BCUT2D eigenvalue weighted by molar-refractivity contribution is -0.123. The molecule has 1 N–H and O–H groups in total. The fourth-order valence-corrected chi connectivity index (χ4v) is 6.94. The average molecular weight is 505 g/mol. The number of hydrogen-bond acceptors (Lipinski definition) is 5. The van der Waals surface area contributed by atoms with Crippen LogP contribution in [0.4, 0.5) is 5.69 Å². The maximum absolute atomic E-state index is 14.5. The quantitative estimate of drug-likeness (QED) is 0.418. The summed E-state index contributed by atoms with van der Waals surface area (Å²) in [6.07, 6.45) is 0. The molecule has 190 valence electrons. The summed E-state index contributed by atoms with van der Waals surface area (Å²) in [6.45, 7) is 8.05. The number of aryl methyl sites for hydroxylation is 1. The average Bonchev–Trinajstić information content (AvgIpc) is 3.50. The van der Waals surface area contributed by atoms with Gasteiger partial charge in [-0.25, -0.2) is 9.88 Å². The third kappa shape index (κ3) is 2.67. The summed E-state index contributed by atoms with van der Waals surface area (Å²) in [7, 11) is 0. The molecule has 4 heterocycles. The topological polar surface area (TPSA) is 84.3 Å². The van der Waals surface area contributed by atoms with Gasteiger partial charge < -0.3 is 0 Å². The van der Waals surface area contributed by atoms with Crippen molar-refractivity contribution < 1.29 is 9.59 Å². The molecule has 7 nitrogen and oxygen atoms in total. The number of nitrogens with zero attached hydrogens (tertiary/aromatic N) is 3. The number of nitrogens with one attached hydrogen (secondary N) is 1. The van der Waals surface area contributed by atoms with E-state index in [1.165, 1.54) is 4.90 Å². The second kappa shape index (κ2) is 7.71. The van der Waals surface area contributed by atoms with Gasteiger partial charge in [0.2, 0.25) is 11.8 Å². The molecular formula is C31H28N4O3. The predicted octanol–water partition coefficient (Wildman–Crippen LogP) is 3.99. The van der Waals surface area contributed by atoms with Crippen LogP contribution >= 0.6 is 0 Å². The summed E-state index contributed by atoms with van der Waals surface area (Å²) >= 11 is 0. The van der Waals surface area contributed by atoms with E-state index in [2.05, 4.69) is 19.2 Å². The number of imide groups is 1. The molecule has 0 radical (unpaired) electrons. The number of aromatic nitrogens is 2. The number of carbonyl (C=O) groups excluding carboxylic acids is 2. The highest BCUT2D eigenvalue weighted by atomic mass is 16.2. The first-order chi connectivity index (χ1) is 18.3. The molecule has 0 unspecified atom stereocenters. The van der Waals surface area contributed by atoms with Gasteiger partial charge in [-0.05, 0) is 55.2 Å². The summed E-state index contributed by atoms with van der Waals surface area (Å²) in [5.74, 6) is -1.25. The highest BCUT2D eigenvalue weighted by Crippen LogP contribution is 2.56. The Bertz CT molecular complexity index is 1760. The standard InChI is InChI=1S/C31H28N4O3/c1-16(2)26-24-25(29(38)34(28(24)37)22-15-9-10-17(3)18(22)4)31(33-26)20-12-6-8-14-23(20)35-27(36)19-11-5-7-13-21(19)32-30(31)35/h5-16,24-26,33H,1-4H3/t24-,25+,26+,31+/m0/s1. The minimum Gasteiger partial charge on any atom is -0.296 e. The number of hydrogen-bond donors (Lipinski definition) is 1. The second-order valence-corrected chi connectivity index (χ2v) is 11.1. The van der Waals surface area contributed by atoms with E-state index in [4.69, 9.17) is 4.98 Å². The van der Waals surface area contributed by atoms with Crippen molar-refractivity contribution in [3.05, 3.63) is 99.6 Å². The number of carbonyl (C=O) groups is 2. The Morgan fingerprint density at radius 2 is 1.58 bits per heavy atom. The predicted molar refractivity (Wildman–Crippen MR) is 145 cm³/mol. The van der Waals surface area contributed by atoms with Gasteiger partial charge in [-0.3, -0.25) is 24.3 Å². The van der Waals surface area contributed by atoms with Crippen molar-refractivity contribution in [1.29, 1.82) is 0 Å². The first-order valence-corrected chi connectivity index (χ1v) is 13.1. The van der Waals surface area contributed by atoms with E-state index in [9.17, 15) is 14.4 Å². The molecule has 0 saturated carbocycles. The lowest BCUT2D eigenvalue weighted by Crippen LogP contribution is -2.51. The van der Waals surface area contributed by atoms with Crippen LogP contribution in [0.15, 0.2) is 71.5 Å². The largest absolute Gasteiger partial charge is 0.296 e. The van der Waals surface area contributed by atoms with Crippen LogP contribution in [0, 0.1) is 31.6 Å². The van der Waals surface area contributed by atoms with Gasteiger partial charge >= 0.3 is 0 Å². The first kappa shape index (κ1) is 23.0. The zero-order chi connectivity index (χ0) is 26.5. The molecule has 0 aliphatic carbocycles. The SMILES string of the molecule is Cc1cccc(N2C(=O)[C@@H]3[C@@H](C(C)C)N[C@]4(c5ccccc5-n5c4nc4ccccc4c5=O)[C@H]3C2=O)c1C. The fraction of sp³-hybridized carbons (Fsp3) is 0.290. The van der Waals surface area contributed by atoms with Crippen molar-refractivity contribution in [3.63, 3.8) is 0 Å². The lowest BCUT2D eigenvalue weighted by Gasteiger charge is -2.32. The van der Waals surface area contributed by atoms with Crippen LogP contribution in [-0.2, 0) is 15.1 Å². The summed E-state index contributed by atoms with van der Waals surface area (Å²) in [5, 5.41) is 4.26. The summed E-state index contributed by atoms with van der Waals surface area (Å²) in [6, 6.07) is 20.4. The number of rotatable bonds is 2. The van der Waals surface area contributed by atoms with Gasteiger partial charge in [0.25, 0.3) is 5.56 Å². The molecule has 38 heavy (non-hydrogen) atoms. The Hall–Kier alpha value is -4.10. The van der Waals surface area contributed by atoms with E-state index in [1.807, 2.05) is 74.5 Å². The molecule has 2 fully saturated rings. The van der Waals surface area contributed by atoms with Crippen molar-refractivity contribution >= 4 is 28.4 Å². The molecule has 1 aromatic heterocycles. The first-order valence-electron chi connectivity index (χ1n) is 13.1. The molecule has 7 rings (SSSR count). The maximum atomic E-state index is 14.5. The van der Waals surface area contributed by atoms with Crippen LogP contribution in [0.2, 0.25) is 0 Å². The van der Waals surface area contributed by atoms with Crippen LogP contribution in [-0.4, -0.2) is 27.4 Å². The highest BCUT2D eigenvalue weighted by molar-refractivity contribution is 6.23. The third-order valence-corrected chi connectivity index (χ3v) is 8.83. The molecule has 4 atom stereocenters. The third-order valence-electron chi connectivity index (χ3n) is 8.83. The summed E-state index contributed by atoms with van der Waals surface area (Å²) < 4.78 is 1.64. The van der Waals surface area contributed by atoms with E-state index in [1.54, 1.807) is 10.6 Å². The van der Waals surface area contributed by atoms with Gasteiger partial charge in [-0.15, -0.1) is 0 Å². The van der Waals surface area contributed by atoms with Crippen molar-refractivity contribution in [2.24, 2.45) is 17.8 Å². The second-order valence-electron chi connectivity index (χ2n) is 11.1. The van der Waals surface area contributed by atoms with Crippen molar-refractivity contribution in [2.45, 2.75) is 39.3 Å². The molecule has 2 saturated heterocycles. The van der Waals surface area contributed by atoms with E-state index in [0.29, 0.717) is 28.1 Å². The minimum absolute atomic E-state index is 0.0607. The zero-order valence-corrected chi connectivity index (χ0v) is 21.7. The molecule has 3 aliphatic rings. The van der Waals surface area contributed by atoms with Gasteiger partial charge in [0, 0.05) is 11.6 Å². The number of amides is 2. The number of anilines is 1. The zero-order valence-electron chi connectivity index (χ0n) is 21.7. The van der Waals surface area contributed by atoms with Gasteiger partial charge in [0.15, 0.2) is 0 Å². The summed E-state index contributed by atoms with van der Waals surface area (Å²) in [4.78, 5) is 49.0. The molecular weight excluding hydrogens is 476 g/mol. The molecule has 2 amide bonds. The van der Waals surface area contributed by atoms with Crippen LogP contribution in [0.1, 0.15) is 36.4 Å². The number of benzene rings is 3. The maximum Gasteiger partial charge on any atom is 0.266 e. The van der Waals surface area contributed by atoms with Crippen LogP contribution in [0.5, 0.6) is 0 Å². The highest BCUT2D eigenvalue weighted by Gasteiger charge is 2.70. The van der Waals surface area contributed by atoms with Crippen LogP contribution in [0.25, 0.3) is 16.6 Å². The van der Waals surface area contributed by atoms with Gasteiger partial charge in [-0.2, -0.15) is 0 Å². The Morgan fingerprint density at radius 1 is 0.868 bits per heavy atom. The van der Waals surface area contributed by atoms with E-state index >= 15 is 0 Å². The molecule has 4 aromatic rings. The smallest absolute Gasteiger partial charge is 0.266 e. The monoisotopic (exact) mass is 504 g/mol. The van der Waals surface area contributed by atoms with Crippen molar-refractivity contribution in [1.82, 2.24) is 14.9 Å². The van der Waals surface area contributed by atoms with Crippen molar-refractivity contribution in [2.75, 3.05) is 4.90 Å². The summed E-state index contributed by atoms with van der Waals surface area (Å²) in [5.41, 5.74) is 3.35. The van der Waals surface area contributed by atoms with Gasteiger partial charge in [-0.1, -0.05) is 56.3 Å². The Kier molecular flexibility index (Phi) is 4.68. The fourth-order valence-electron chi connectivity index (χ4n) is 6.94. The molecule has 7 heteroatoms. The van der Waals surface area contributed by atoms with E-state index in [0.717, 1.165) is 16.7 Å². The van der Waals surface area contributed by atoms with Gasteiger partial charge in [0.1, 0.15) is 11.4 Å². The van der Waals surface area contributed by atoms with E-state index in [-0.39, 0.29) is 29.3 Å². The van der Waals surface area contributed by atoms with Crippen LogP contribution < -0.4 is 15.8 Å². The normalized spacial score (nSPS) is 25.5. The Labute approximate surface area is 220 Å². The van der Waals surface area contributed by atoms with Crippen LogP contribution in [0.3, 0.4) is 0 Å². The van der Waals surface area contributed by atoms with Crippen molar-refractivity contribution in [3.8, 4) is 5.69 Å². The molecule has 3 aliphatic heterocycles. The van der Waals surface area contributed by atoms with Gasteiger partial charge in [0.05, 0.1) is 34.1 Å². The Morgan fingerprint density at radius 3 is 2.37 bits per heavy atom. The Balaban J connectivity index is 1.54. The molecule has 1 spiro atoms. The number of fused-ring (bicyclic) bond motifs is 8. The lowest BCUT2D eigenvalue weighted by atomic mass is 9.75. The van der Waals surface area contributed by atoms with E-state index < -0.39 is 17.4 Å². The molecule has 3 aromatic carbocycles. The molecule has 0 bridgehead atoms.